The molecule has 0 spiro atoms. The Labute approximate surface area is 72.7 Å². The Kier molecular flexibility index (Phi) is 1.72. The monoisotopic (exact) mass is 165 g/mol. The van der Waals surface area contributed by atoms with Gasteiger partial charge in [0.25, 0.3) is 0 Å². The molecule has 1 atom stereocenters. The van der Waals surface area contributed by atoms with E-state index in [2.05, 4.69) is 13.0 Å². The van der Waals surface area contributed by atoms with Crippen LogP contribution in [0.25, 0.3) is 0 Å². The van der Waals surface area contributed by atoms with E-state index in [9.17, 15) is 0 Å². The summed E-state index contributed by atoms with van der Waals surface area (Å²) in [5.41, 5.74) is 7.20. The Hall–Kier alpha value is -0.760. The van der Waals surface area contributed by atoms with Gasteiger partial charge in [0.2, 0.25) is 0 Å². The molecule has 0 aliphatic heterocycles. The lowest BCUT2D eigenvalue weighted by atomic mass is 10.1. The molecular formula is C10H15NO. The summed E-state index contributed by atoms with van der Waals surface area (Å²) in [6, 6.07) is 2.20. The van der Waals surface area contributed by atoms with E-state index in [0.717, 1.165) is 11.5 Å². The van der Waals surface area contributed by atoms with Gasteiger partial charge in [0.1, 0.15) is 11.5 Å². The van der Waals surface area contributed by atoms with Crippen LogP contribution in [0.4, 0.5) is 0 Å². The predicted molar refractivity (Wildman–Crippen MR) is 47.8 cm³/mol. The molecular weight excluding hydrogens is 150 g/mol. The zero-order valence-corrected chi connectivity index (χ0v) is 7.63. The van der Waals surface area contributed by atoms with Crippen LogP contribution in [0.1, 0.15) is 36.0 Å². The Bertz CT molecular complexity index is 267. The minimum atomic E-state index is 0.136. The second-order valence-corrected chi connectivity index (χ2v) is 3.75. The smallest absolute Gasteiger partial charge is 0.121 e. The second-order valence-electron chi connectivity index (χ2n) is 3.75. The molecule has 1 aliphatic rings. The minimum absolute atomic E-state index is 0.136. The highest BCUT2D eigenvalue weighted by Crippen LogP contribution is 2.40. The van der Waals surface area contributed by atoms with Crippen LogP contribution in [0.15, 0.2) is 10.5 Å². The summed E-state index contributed by atoms with van der Waals surface area (Å²) in [6.07, 6.45) is 2.53. The summed E-state index contributed by atoms with van der Waals surface area (Å²) < 4.78 is 5.55. The number of aryl methyl sites for hydroxylation is 2. The minimum Gasteiger partial charge on any atom is -0.464 e. The molecule has 0 bridgehead atoms. The highest BCUT2D eigenvalue weighted by Gasteiger charge is 2.31. The molecule has 66 valence electrons. The summed E-state index contributed by atoms with van der Waals surface area (Å²) in [6.45, 7) is 4.04. The van der Waals surface area contributed by atoms with E-state index in [1.54, 1.807) is 0 Å². The van der Waals surface area contributed by atoms with Gasteiger partial charge in [0.05, 0.1) is 6.04 Å². The van der Waals surface area contributed by atoms with E-state index in [1.165, 1.54) is 18.4 Å². The van der Waals surface area contributed by atoms with Gasteiger partial charge >= 0.3 is 0 Å². The molecule has 0 amide bonds. The Morgan fingerprint density at radius 1 is 1.50 bits per heavy atom. The van der Waals surface area contributed by atoms with Crippen molar-refractivity contribution in [2.45, 2.75) is 32.7 Å². The molecule has 1 heterocycles. The van der Waals surface area contributed by atoms with Crippen molar-refractivity contribution in [3.8, 4) is 0 Å². The van der Waals surface area contributed by atoms with Gasteiger partial charge in [-0.25, -0.2) is 0 Å². The van der Waals surface area contributed by atoms with E-state index in [4.69, 9.17) is 10.2 Å². The first-order chi connectivity index (χ1) is 5.68. The number of furan rings is 1. The SMILES string of the molecule is Cc1cc([C@H](N)C2CC2)oc1C. The molecule has 2 heteroatoms. The average molecular weight is 165 g/mol. The van der Waals surface area contributed by atoms with Crippen LogP contribution in [0, 0.1) is 19.8 Å². The molecule has 2 N–H and O–H groups in total. The molecule has 0 unspecified atom stereocenters. The van der Waals surface area contributed by atoms with Crippen LogP contribution < -0.4 is 5.73 Å². The largest absolute Gasteiger partial charge is 0.464 e. The summed E-state index contributed by atoms with van der Waals surface area (Å²) in [5, 5.41) is 0. The molecule has 1 aromatic heterocycles. The molecule has 0 saturated heterocycles. The summed E-state index contributed by atoms with van der Waals surface area (Å²) in [4.78, 5) is 0. The van der Waals surface area contributed by atoms with Gasteiger partial charge in [-0.3, -0.25) is 0 Å². The fourth-order valence-corrected chi connectivity index (χ4v) is 1.45. The third-order valence-corrected chi connectivity index (χ3v) is 2.64. The first-order valence-electron chi connectivity index (χ1n) is 4.51. The fraction of sp³-hybridized carbons (Fsp3) is 0.600. The average Bonchev–Trinajstić information content (AvgIpc) is 2.80. The van der Waals surface area contributed by atoms with Crippen LogP contribution in [-0.2, 0) is 0 Å². The molecule has 1 aliphatic carbocycles. The van der Waals surface area contributed by atoms with Gasteiger partial charge < -0.3 is 10.2 Å². The number of nitrogens with two attached hydrogens (primary N) is 1. The van der Waals surface area contributed by atoms with Crippen LogP contribution >= 0.6 is 0 Å². The Morgan fingerprint density at radius 3 is 2.58 bits per heavy atom. The lowest BCUT2D eigenvalue weighted by Crippen LogP contribution is -2.10. The molecule has 1 saturated carbocycles. The molecule has 1 aromatic rings. The van der Waals surface area contributed by atoms with Crippen molar-refractivity contribution < 1.29 is 4.42 Å². The number of hydrogen-bond acceptors (Lipinski definition) is 2. The maximum Gasteiger partial charge on any atom is 0.121 e. The fourth-order valence-electron chi connectivity index (χ4n) is 1.45. The molecule has 0 aromatic carbocycles. The molecule has 0 radical (unpaired) electrons. The Balaban J connectivity index is 2.21. The second kappa shape index (κ2) is 2.63. The van der Waals surface area contributed by atoms with E-state index in [0.29, 0.717) is 5.92 Å². The van der Waals surface area contributed by atoms with Gasteiger partial charge in [-0.1, -0.05) is 0 Å². The lowest BCUT2D eigenvalue weighted by Gasteiger charge is -2.04. The zero-order chi connectivity index (χ0) is 8.72. The van der Waals surface area contributed by atoms with Gasteiger partial charge in [-0.05, 0) is 44.2 Å². The van der Waals surface area contributed by atoms with Crippen LogP contribution in [0.5, 0.6) is 0 Å². The highest BCUT2D eigenvalue weighted by molar-refractivity contribution is 5.21. The van der Waals surface area contributed by atoms with Crippen molar-refractivity contribution in [1.29, 1.82) is 0 Å². The van der Waals surface area contributed by atoms with Gasteiger partial charge in [0, 0.05) is 0 Å². The summed E-state index contributed by atoms with van der Waals surface area (Å²) >= 11 is 0. The third-order valence-electron chi connectivity index (χ3n) is 2.64. The zero-order valence-electron chi connectivity index (χ0n) is 7.63. The lowest BCUT2D eigenvalue weighted by molar-refractivity contribution is 0.425. The summed E-state index contributed by atoms with van der Waals surface area (Å²) in [5.74, 6) is 2.64. The maximum atomic E-state index is 5.99. The quantitative estimate of drug-likeness (QED) is 0.730. The van der Waals surface area contributed by atoms with Crippen LogP contribution in [0.2, 0.25) is 0 Å². The van der Waals surface area contributed by atoms with E-state index < -0.39 is 0 Å². The van der Waals surface area contributed by atoms with Crippen molar-refractivity contribution in [1.82, 2.24) is 0 Å². The first-order valence-corrected chi connectivity index (χ1v) is 4.51. The highest BCUT2D eigenvalue weighted by atomic mass is 16.3. The van der Waals surface area contributed by atoms with Gasteiger partial charge in [0.15, 0.2) is 0 Å². The first kappa shape index (κ1) is 7.87. The van der Waals surface area contributed by atoms with Crippen LogP contribution in [0.3, 0.4) is 0 Å². The molecule has 12 heavy (non-hydrogen) atoms. The van der Waals surface area contributed by atoms with Crippen molar-refractivity contribution >= 4 is 0 Å². The predicted octanol–water partition coefficient (Wildman–Crippen LogP) is 2.31. The van der Waals surface area contributed by atoms with Crippen molar-refractivity contribution in [2.75, 3.05) is 0 Å². The van der Waals surface area contributed by atoms with Crippen molar-refractivity contribution in [2.24, 2.45) is 11.7 Å². The molecule has 1 fully saturated rings. The van der Waals surface area contributed by atoms with E-state index in [-0.39, 0.29) is 6.04 Å². The Morgan fingerprint density at radius 2 is 2.17 bits per heavy atom. The summed E-state index contributed by atoms with van der Waals surface area (Å²) in [7, 11) is 0. The molecule has 2 nitrogen and oxygen atoms in total. The molecule has 2 rings (SSSR count). The van der Waals surface area contributed by atoms with Crippen molar-refractivity contribution in [3.63, 3.8) is 0 Å². The normalized spacial score (nSPS) is 19.6. The number of rotatable bonds is 2. The topological polar surface area (TPSA) is 39.2 Å². The number of hydrogen-bond donors (Lipinski definition) is 1. The van der Waals surface area contributed by atoms with Gasteiger partial charge in [-0.15, -0.1) is 0 Å². The standard InChI is InChI=1S/C10H15NO/c1-6-5-9(12-7(6)2)10(11)8-3-4-8/h5,8,10H,3-4,11H2,1-2H3/t10-/m1/s1. The van der Waals surface area contributed by atoms with E-state index >= 15 is 0 Å². The van der Waals surface area contributed by atoms with E-state index in [1.807, 2.05) is 6.92 Å². The van der Waals surface area contributed by atoms with Crippen molar-refractivity contribution in [3.05, 3.63) is 23.2 Å². The maximum absolute atomic E-state index is 5.99. The van der Waals surface area contributed by atoms with Gasteiger partial charge in [-0.2, -0.15) is 0 Å². The third kappa shape index (κ3) is 1.27. The van der Waals surface area contributed by atoms with Crippen LogP contribution in [-0.4, -0.2) is 0 Å².